The molecule has 12 heteroatoms. The Labute approximate surface area is 251 Å². The standard InChI is InChI=1S/C31H37N7O4S/c1-43(41,42)26-17-11-23(12-18-26)27-7-6-9-29-34-31(35-38(27)29)33-24-13-15-25(16-14-24)36-19-21-37(22-20-36)30(40)10-5-3-2-4-8-28(32)39/h6-7,9,11-18H,2-5,8,10,19-22H2,1H3,(H2,32,39)(H,33,35). The van der Waals surface area contributed by atoms with Gasteiger partial charge in [-0.05, 0) is 61.4 Å². The number of carbonyl (C=O) groups is 2. The third kappa shape index (κ3) is 7.69. The van der Waals surface area contributed by atoms with Crippen LogP contribution in [0.1, 0.15) is 38.5 Å². The zero-order valence-electron chi connectivity index (χ0n) is 24.3. The first-order valence-electron chi connectivity index (χ1n) is 14.5. The summed E-state index contributed by atoms with van der Waals surface area (Å²) < 4.78 is 25.4. The van der Waals surface area contributed by atoms with Gasteiger partial charge in [-0.1, -0.05) is 31.0 Å². The van der Waals surface area contributed by atoms with Crippen molar-refractivity contribution in [2.45, 2.75) is 43.4 Å². The summed E-state index contributed by atoms with van der Waals surface area (Å²) in [6.45, 7) is 2.95. The second-order valence-corrected chi connectivity index (χ2v) is 12.8. The Bertz CT molecular complexity index is 1680. The van der Waals surface area contributed by atoms with Gasteiger partial charge in [0.05, 0.1) is 10.6 Å². The molecule has 3 heterocycles. The first-order valence-corrected chi connectivity index (χ1v) is 16.4. The Morgan fingerprint density at radius 1 is 0.860 bits per heavy atom. The van der Waals surface area contributed by atoms with Crippen LogP contribution in [0.5, 0.6) is 0 Å². The monoisotopic (exact) mass is 603 g/mol. The Balaban J connectivity index is 1.14. The molecule has 3 N–H and O–H groups in total. The van der Waals surface area contributed by atoms with Gasteiger partial charge in [-0.15, -0.1) is 5.10 Å². The van der Waals surface area contributed by atoms with Crippen molar-refractivity contribution in [1.29, 1.82) is 0 Å². The zero-order chi connectivity index (χ0) is 30.4. The number of piperazine rings is 1. The van der Waals surface area contributed by atoms with Crippen molar-refractivity contribution in [2.75, 3.05) is 42.7 Å². The molecule has 2 aromatic carbocycles. The van der Waals surface area contributed by atoms with E-state index < -0.39 is 9.84 Å². The van der Waals surface area contributed by atoms with Crippen LogP contribution in [0.3, 0.4) is 0 Å². The minimum atomic E-state index is -3.27. The zero-order valence-corrected chi connectivity index (χ0v) is 25.1. The molecule has 4 aromatic rings. The molecule has 5 rings (SSSR count). The lowest BCUT2D eigenvalue weighted by Crippen LogP contribution is -2.48. The number of anilines is 3. The maximum atomic E-state index is 12.6. The van der Waals surface area contributed by atoms with Gasteiger partial charge in [-0.25, -0.2) is 12.9 Å². The predicted octanol–water partition coefficient (Wildman–Crippen LogP) is 4.02. The van der Waals surface area contributed by atoms with Crippen molar-refractivity contribution < 1.29 is 18.0 Å². The molecule has 0 bridgehead atoms. The SMILES string of the molecule is CS(=O)(=O)c1ccc(-c2cccc3nc(Nc4ccc(N5CCN(C(=O)CCCCCCC(N)=O)CC5)cc4)nn23)cc1. The Morgan fingerprint density at radius 2 is 1.53 bits per heavy atom. The fourth-order valence-electron chi connectivity index (χ4n) is 5.24. The number of rotatable bonds is 12. The van der Waals surface area contributed by atoms with E-state index in [0.717, 1.165) is 61.4 Å². The van der Waals surface area contributed by atoms with Crippen LogP contribution in [0.4, 0.5) is 17.3 Å². The third-order valence-corrected chi connectivity index (χ3v) is 8.75. The second kappa shape index (κ2) is 13.2. The van der Waals surface area contributed by atoms with Crippen LogP contribution in [0.2, 0.25) is 0 Å². The van der Waals surface area contributed by atoms with Gasteiger partial charge >= 0.3 is 0 Å². The molecule has 0 atom stereocenters. The fourth-order valence-corrected chi connectivity index (χ4v) is 5.87. The molecule has 1 saturated heterocycles. The van der Waals surface area contributed by atoms with E-state index in [1.165, 1.54) is 6.26 Å². The van der Waals surface area contributed by atoms with Gasteiger partial charge in [-0.2, -0.15) is 4.98 Å². The van der Waals surface area contributed by atoms with Gasteiger partial charge in [-0.3, -0.25) is 9.59 Å². The van der Waals surface area contributed by atoms with E-state index in [0.29, 0.717) is 37.5 Å². The molecule has 2 amide bonds. The molecule has 11 nitrogen and oxygen atoms in total. The first kappa shape index (κ1) is 30.0. The molecule has 1 aliphatic heterocycles. The van der Waals surface area contributed by atoms with Gasteiger partial charge < -0.3 is 20.9 Å². The average molecular weight is 604 g/mol. The number of sulfone groups is 1. The average Bonchev–Trinajstić information content (AvgIpc) is 3.41. The van der Waals surface area contributed by atoms with E-state index in [-0.39, 0.29) is 16.7 Å². The molecule has 0 aliphatic carbocycles. The lowest BCUT2D eigenvalue weighted by molar-refractivity contribution is -0.131. The van der Waals surface area contributed by atoms with Gasteiger partial charge in [0.1, 0.15) is 0 Å². The number of hydrogen-bond acceptors (Lipinski definition) is 8. The molecular weight excluding hydrogens is 566 g/mol. The molecule has 0 saturated carbocycles. The topological polar surface area (TPSA) is 143 Å². The summed E-state index contributed by atoms with van der Waals surface area (Å²) in [7, 11) is -3.27. The highest BCUT2D eigenvalue weighted by Gasteiger charge is 2.21. The highest BCUT2D eigenvalue weighted by molar-refractivity contribution is 7.90. The number of carbonyl (C=O) groups excluding carboxylic acids is 2. The number of nitrogens with zero attached hydrogens (tertiary/aromatic N) is 5. The van der Waals surface area contributed by atoms with Crippen molar-refractivity contribution in [3.05, 3.63) is 66.7 Å². The summed E-state index contributed by atoms with van der Waals surface area (Å²) in [5.41, 5.74) is 9.40. The third-order valence-electron chi connectivity index (χ3n) is 7.62. The van der Waals surface area contributed by atoms with Crippen LogP contribution >= 0.6 is 0 Å². The molecule has 2 aromatic heterocycles. The summed E-state index contributed by atoms with van der Waals surface area (Å²) in [6.07, 6.45) is 5.64. The van der Waals surface area contributed by atoms with Crippen LogP contribution in [0.25, 0.3) is 16.9 Å². The van der Waals surface area contributed by atoms with Crippen LogP contribution in [0, 0.1) is 0 Å². The van der Waals surface area contributed by atoms with E-state index in [1.807, 2.05) is 35.2 Å². The van der Waals surface area contributed by atoms with Crippen molar-refractivity contribution >= 4 is 44.6 Å². The Kier molecular flexibility index (Phi) is 9.24. The number of nitrogens with two attached hydrogens (primary N) is 1. The Morgan fingerprint density at radius 3 is 2.19 bits per heavy atom. The highest BCUT2D eigenvalue weighted by Crippen LogP contribution is 2.25. The summed E-state index contributed by atoms with van der Waals surface area (Å²) in [4.78, 5) is 32.5. The van der Waals surface area contributed by atoms with Gasteiger partial charge in [0.2, 0.25) is 17.8 Å². The first-order chi connectivity index (χ1) is 20.7. The van der Waals surface area contributed by atoms with Crippen LogP contribution in [-0.4, -0.2) is 72.2 Å². The summed E-state index contributed by atoms with van der Waals surface area (Å²) in [6, 6.07) is 20.5. The molecule has 0 spiro atoms. The number of hydrogen-bond donors (Lipinski definition) is 2. The maximum absolute atomic E-state index is 12.6. The number of aromatic nitrogens is 3. The molecule has 1 aliphatic rings. The molecular formula is C31H37N7O4S. The minimum Gasteiger partial charge on any atom is -0.370 e. The second-order valence-electron chi connectivity index (χ2n) is 10.8. The van der Waals surface area contributed by atoms with Gasteiger partial charge in [0.25, 0.3) is 0 Å². The van der Waals surface area contributed by atoms with Crippen molar-refractivity contribution in [3.63, 3.8) is 0 Å². The van der Waals surface area contributed by atoms with Crippen LogP contribution in [0.15, 0.2) is 71.6 Å². The van der Waals surface area contributed by atoms with Crippen LogP contribution < -0.4 is 16.0 Å². The lowest BCUT2D eigenvalue weighted by atomic mass is 10.1. The normalized spacial score (nSPS) is 13.8. The lowest BCUT2D eigenvalue weighted by Gasteiger charge is -2.36. The van der Waals surface area contributed by atoms with E-state index in [9.17, 15) is 18.0 Å². The maximum Gasteiger partial charge on any atom is 0.247 e. The van der Waals surface area contributed by atoms with Gasteiger partial charge in [0.15, 0.2) is 15.5 Å². The molecule has 0 radical (unpaired) electrons. The van der Waals surface area contributed by atoms with E-state index in [2.05, 4.69) is 32.4 Å². The fraction of sp³-hybridized carbons (Fsp3) is 0.355. The quantitative estimate of drug-likeness (QED) is 0.231. The van der Waals surface area contributed by atoms with Gasteiger partial charge in [0, 0.05) is 62.2 Å². The number of benzene rings is 2. The predicted molar refractivity (Wildman–Crippen MR) is 167 cm³/mol. The molecule has 43 heavy (non-hydrogen) atoms. The Hall–Kier alpha value is -4.45. The number of primary amides is 1. The number of pyridine rings is 1. The van der Waals surface area contributed by atoms with Crippen LogP contribution in [-0.2, 0) is 19.4 Å². The highest BCUT2D eigenvalue weighted by atomic mass is 32.2. The molecule has 0 unspecified atom stereocenters. The van der Waals surface area contributed by atoms with E-state index >= 15 is 0 Å². The molecule has 1 fully saturated rings. The van der Waals surface area contributed by atoms with E-state index in [4.69, 9.17) is 5.73 Å². The summed E-state index contributed by atoms with van der Waals surface area (Å²) >= 11 is 0. The number of nitrogens with one attached hydrogen (secondary N) is 1. The van der Waals surface area contributed by atoms with Crippen molar-refractivity contribution in [3.8, 4) is 11.3 Å². The summed E-state index contributed by atoms with van der Waals surface area (Å²) in [5.74, 6) is 0.382. The smallest absolute Gasteiger partial charge is 0.247 e. The van der Waals surface area contributed by atoms with Crippen molar-refractivity contribution in [1.82, 2.24) is 19.5 Å². The minimum absolute atomic E-state index is 0.197. The number of amides is 2. The molecule has 226 valence electrons. The number of unbranched alkanes of at least 4 members (excludes halogenated alkanes) is 3. The van der Waals surface area contributed by atoms with Crippen molar-refractivity contribution in [2.24, 2.45) is 5.73 Å². The number of fused-ring (bicyclic) bond motifs is 1. The van der Waals surface area contributed by atoms with E-state index in [1.54, 1.807) is 28.8 Å². The largest absolute Gasteiger partial charge is 0.370 e. The summed E-state index contributed by atoms with van der Waals surface area (Å²) in [5, 5.41) is 7.92.